The summed E-state index contributed by atoms with van der Waals surface area (Å²) in [7, 11) is 3.23. The average molecular weight is 561 g/mol. The molecule has 5 atom stereocenters. The number of hydrogen-bond acceptors (Lipinski definition) is 6. The van der Waals surface area contributed by atoms with Crippen LogP contribution in [0.15, 0.2) is 54.9 Å². The second-order valence-corrected chi connectivity index (χ2v) is 11.8. The number of methoxy groups -OCH3 is 2. The second kappa shape index (κ2) is 9.27. The number of nitriles is 1. The van der Waals surface area contributed by atoms with E-state index in [1.807, 2.05) is 24.3 Å². The molecule has 0 radical (unpaired) electrons. The fourth-order valence-electron chi connectivity index (χ4n) is 8.58. The lowest BCUT2D eigenvalue weighted by atomic mass is 9.35. The SMILES string of the molecule is COc1cccc(OC)c1C12CC3CC(NC(=O)n4cccn4)(C1)C(C(=O)O)C(c1ccc(C#N)c(Cl)c1)(C3)C2. The van der Waals surface area contributed by atoms with E-state index in [4.69, 9.17) is 21.1 Å². The summed E-state index contributed by atoms with van der Waals surface area (Å²) in [5.74, 6) is -0.513. The van der Waals surface area contributed by atoms with Crippen LogP contribution in [0, 0.1) is 23.2 Å². The van der Waals surface area contributed by atoms with Crippen LogP contribution in [-0.2, 0) is 15.6 Å². The van der Waals surface area contributed by atoms with Crippen LogP contribution < -0.4 is 14.8 Å². The fraction of sp³-hybridized carbons (Fsp3) is 0.400. The standard InChI is InChI=1S/C30H29ClN4O5/c1-39-22-5-3-6-23(40-2)24(22)28-12-18-13-29(16-28,20-8-7-19(15-32)21(31)11-20)25(26(36)37)30(14-18,17-28)34-27(38)35-10-4-9-33-35/h3-11,18,25H,12-14,16-17H2,1-2H3,(H,34,38)(H,36,37). The Morgan fingerprint density at radius 1 is 1.12 bits per heavy atom. The van der Waals surface area contributed by atoms with Gasteiger partial charge in [-0.2, -0.15) is 15.0 Å². The lowest BCUT2D eigenvalue weighted by Crippen LogP contribution is -2.75. The van der Waals surface area contributed by atoms with Gasteiger partial charge in [0.2, 0.25) is 0 Å². The van der Waals surface area contributed by atoms with E-state index in [-0.39, 0.29) is 10.9 Å². The van der Waals surface area contributed by atoms with Gasteiger partial charge >= 0.3 is 12.0 Å². The Bertz CT molecular complexity index is 1530. The largest absolute Gasteiger partial charge is 0.496 e. The van der Waals surface area contributed by atoms with Crippen molar-refractivity contribution in [3.05, 3.63) is 76.6 Å². The Morgan fingerprint density at radius 3 is 2.48 bits per heavy atom. The predicted octanol–water partition coefficient (Wildman–Crippen LogP) is 4.91. The van der Waals surface area contributed by atoms with Crippen LogP contribution in [0.2, 0.25) is 5.02 Å². The van der Waals surface area contributed by atoms with Crippen molar-refractivity contribution in [1.82, 2.24) is 15.1 Å². The van der Waals surface area contributed by atoms with E-state index in [0.717, 1.165) is 17.5 Å². The molecule has 4 aliphatic carbocycles. The van der Waals surface area contributed by atoms with E-state index >= 15 is 0 Å². The summed E-state index contributed by atoms with van der Waals surface area (Å²) >= 11 is 6.54. The number of aliphatic carboxylic acids is 1. The predicted molar refractivity (Wildman–Crippen MR) is 146 cm³/mol. The molecular weight excluding hydrogens is 532 g/mol. The van der Waals surface area contributed by atoms with Gasteiger partial charge in [0.1, 0.15) is 17.6 Å². The Kier molecular flexibility index (Phi) is 6.07. The molecule has 4 bridgehead atoms. The summed E-state index contributed by atoms with van der Waals surface area (Å²) in [6, 6.07) is 14.1. The van der Waals surface area contributed by atoms with Crippen molar-refractivity contribution < 1.29 is 24.2 Å². The van der Waals surface area contributed by atoms with Gasteiger partial charge in [-0.25, -0.2) is 4.79 Å². The Labute approximate surface area is 236 Å². The number of carbonyl (C=O) groups excluding carboxylic acids is 1. The van der Waals surface area contributed by atoms with Gasteiger partial charge in [-0.1, -0.05) is 23.7 Å². The summed E-state index contributed by atoms with van der Waals surface area (Å²) < 4.78 is 12.9. The number of nitrogens with zero attached hydrogens (tertiary/aromatic N) is 3. The lowest BCUT2D eigenvalue weighted by molar-refractivity contribution is -0.167. The molecule has 1 aromatic heterocycles. The molecule has 0 spiro atoms. The molecule has 5 unspecified atom stereocenters. The normalized spacial score (nSPS) is 29.9. The van der Waals surface area contributed by atoms with Gasteiger partial charge in [-0.3, -0.25) is 4.79 Å². The van der Waals surface area contributed by atoms with Crippen LogP contribution >= 0.6 is 11.6 Å². The summed E-state index contributed by atoms with van der Waals surface area (Å²) in [6.45, 7) is 0. The van der Waals surface area contributed by atoms with E-state index < -0.39 is 34.3 Å². The maximum atomic E-state index is 13.5. The number of carbonyl (C=O) groups is 2. The molecule has 4 fully saturated rings. The number of nitrogens with one attached hydrogen (secondary N) is 1. The van der Waals surface area contributed by atoms with Crippen molar-refractivity contribution in [2.45, 2.75) is 48.5 Å². The van der Waals surface area contributed by atoms with Crippen LogP contribution in [0.3, 0.4) is 0 Å². The highest BCUT2D eigenvalue weighted by Gasteiger charge is 2.72. The van der Waals surface area contributed by atoms with Crippen LogP contribution in [0.4, 0.5) is 4.79 Å². The minimum absolute atomic E-state index is 0.0973. The molecule has 1 heterocycles. The number of aromatic nitrogens is 2. The molecule has 4 saturated carbocycles. The third-order valence-corrected chi connectivity index (χ3v) is 9.65. The van der Waals surface area contributed by atoms with Crippen LogP contribution in [-0.4, -0.2) is 46.6 Å². The van der Waals surface area contributed by atoms with Crippen molar-refractivity contribution >= 4 is 23.6 Å². The van der Waals surface area contributed by atoms with Gasteiger partial charge in [-0.15, -0.1) is 0 Å². The quantitative estimate of drug-likeness (QED) is 0.439. The average Bonchev–Trinajstić information content (AvgIpc) is 3.47. The van der Waals surface area contributed by atoms with E-state index in [1.165, 1.54) is 10.9 Å². The summed E-state index contributed by atoms with van der Waals surface area (Å²) in [5.41, 5.74) is -0.584. The monoisotopic (exact) mass is 560 g/mol. The van der Waals surface area contributed by atoms with Crippen molar-refractivity contribution in [2.75, 3.05) is 14.2 Å². The third-order valence-electron chi connectivity index (χ3n) is 9.34. The first-order valence-corrected chi connectivity index (χ1v) is 13.6. The number of benzene rings is 2. The topological polar surface area (TPSA) is 126 Å². The van der Waals surface area contributed by atoms with E-state index in [1.54, 1.807) is 38.6 Å². The first-order valence-electron chi connectivity index (χ1n) is 13.2. The minimum Gasteiger partial charge on any atom is -0.496 e. The zero-order valence-electron chi connectivity index (χ0n) is 22.2. The molecule has 40 heavy (non-hydrogen) atoms. The minimum atomic E-state index is -1.10. The number of rotatable bonds is 6. The molecule has 0 saturated heterocycles. The molecule has 4 aliphatic rings. The highest BCUT2D eigenvalue weighted by Crippen LogP contribution is 2.71. The maximum absolute atomic E-state index is 13.5. The highest BCUT2D eigenvalue weighted by atomic mass is 35.5. The zero-order chi connectivity index (χ0) is 28.3. The summed E-state index contributed by atoms with van der Waals surface area (Å²) in [5, 5.41) is 27.9. The number of ether oxygens (including phenoxy) is 2. The first kappa shape index (κ1) is 26.2. The molecule has 9 nitrogen and oxygen atoms in total. The number of carboxylic acid groups (broad SMARTS) is 1. The number of halogens is 1. The van der Waals surface area contributed by atoms with Gasteiger partial charge in [0.15, 0.2) is 0 Å². The maximum Gasteiger partial charge on any atom is 0.342 e. The molecule has 10 heteroatoms. The first-order chi connectivity index (χ1) is 19.2. The zero-order valence-corrected chi connectivity index (χ0v) is 22.9. The Morgan fingerprint density at radius 2 is 1.88 bits per heavy atom. The molecular formula is C30H29ClN4O5. The van der Waals surface area contributed by atoms with E-state index in [0.29, 0.717) is 42.7 Å². The fourth-order valence-corrected chi connectivity index (χ4v) is 8.80. The Balaban J connectivity index is 1.61. The summed E-state index contributed by atoms with van der Waals surface area (Å²) in [4.78, 5) is 26.8. The van der Waals surface area contributed by atoms with E-state index in [2.05, 4.69) is 16.5 Å². The van der Waals surface area contributed by atoms with Crippen LogP contribution in [0.25, 0.3) is 0 Å². The number of hydrogen-bond donors (Lipinski definition) is 2. The molecule has 1 amide bonds. The van der Waals surface area contributed by atoms with Gasteiger partial charge in [0.05, 0.1) is 36.3 Å². The number of carboxylic acids is 1. The molecule has 206 valence electrons. The number of amides is 1. The highest BCUT2D eigenvalue weighted by molar-refractivity contribution is 6.31. The smallest absolute Gasteiger partial charge is 0.342 e. The molecule has 0 aliphatic heterocycles. The van der Waals surface area contributed by atoms with Crippen LogP contribution in [0.5, 0.6) is 11.5 Å². The Hall–Kier alpha value is -4.03. The van der Waals surface area contributed by atoms with Crippen molar-refractivity contribution in [3.8, 4) is 17.6 Å². The van der Waals surface area contributed by atoms with Gasteiger partial charge in [0, 0.05) is 28.8 Å². The van der Waals surface area contributed by atoms with E-state index in [9.17, 15) is 20.0 Å². The van der Waals surface area contributed by atoms with Gasteiger partial charge in [0.25, 0.3) is 0 Å². The lowest BCUT2D eigenvalue weighted by Gasteiger charge is -2.69. The molecule has 3 aromatic rings. The second-order valence-electron chi connectivity index (χ2n) is 11.4. The molecule has 7 rings (SSSR count). The van der Waals surface area contributed by atoms with Crippen molar-refractivity contribution in [2.24, 2.45) is 11.8 Å². The third kappa shape index (κ3) is 3.69. The molecule has 2 aromatic carbocycles. The summed E-state index contributed by atoms with van der Waals surface area (Å²) in [6.07, 6.45) is 5.86. The van der Waals surface area contributed by atoms with Crippen molar-refractivity contribution in [3.63, 3.8) is 0 Å². The van der Waals surface area contributed by atoms with Crippen LogP contribution in [0.1, 0.15) is 48.8 Å². The van der Waals surface area contributed by atoms with Gasteiger partial charge in [-0.05, 0) is 73.9 Å². The van der Waals surface area contributed by atoms with Crippen molar-refractivity contribution in [1.29, 1.82) is 5.26 Å². The molecule has 2 N–H and O–H groups in total. The van der Waals surface area contributed by atoms with Gasteiger partial charge < -0.3 is 19.9 Å².